The Morgan fingerprint density at radius 1 is 1.36 bits per heavy atom. The van der Waals surface area contributed by atoms with E-state index in [0.29, 0.717) is 11.4 Å². The highest BCUT2D eigenvalue weighted by Gasteiger charge is 2.14. The van der Waals surface area contributed by atoms with Crippen molar-refractivity contribution in [2.45, 2.75) is 13.5 Å². The highest BCUT2D eigenvalue weighted by atomic mass is 32.1. The predicted molar refractivity (Wildman–Crippen MR) is 87.5 cm³/mol. The second-order valence-electron chi connectivity index (χ2n) is 5.07. The molecule has 0 aliphatic rings. The fraction of sp³-hybridized carbons (Fsp3) is 0.250. The minimum Gasteiger partial charge on any atom is -0.497 e. The van der Waals surface area contributed by atoms with Crippen molar-refractivity contribution in [2.24, 2.45) is 7.05 Å². The second kappa shape index (κ2) is 5.81. The third-order valence-electron chi connectivity index (χ3n) is 3.53. The van der Waals surface area contributed by atoms with E-state index in [2.05, 4.69) is 10.4 Å². The molecule has 0 unspecified atom stereocenters. The summed E-state index contributed by atoms with van der Waals surface area (Å²) in [6.07, 6.45) is 0. The van der Waals surface area contributed by atoms with E-state index < -0.39 is 0 Å². The summed E-state index contributed by atoms with van der Waals surface area (Å²) in [4.78, 5) is 14.0. The van der Waals surface area contributed by atoms with Crippen LogP contribution in [0.4, 0.5) is 0 Å². The van der Waals surface area contributed by atoms with Gasteiger partial charge in [-0.25, -0.2) is 0 Å². The number of nitrogens with zero attached hydrogens (tertiary/aromatic N) is 2. The van der Waals surface area contributed by atoms with E-state index in [1.807, 2.05) is 49.0 Å². The SMILES string of the molecule is COc1ccc(CNC(=O)c2cc3c(C)nn(C)c3s2)cc1. The molecule has 0 spiro atoms. The number of aromatic nitrogens is 2. The number of carbonyl (C=O) groups is 1. The summed E-state index contributed by atoms with van der Waals surface area (Å²) >= 11 is 1.46. The number of methoxy groups -OCH3 is 1. The van der Waals surface area contributed by atoms with Gasteiger partial charge in [0.2, 0.25) is 0 Å². The molecule has 3 rings (SSSR count). The van der Waals surface area contributed by atoms with Gasteiger partial charge in [-0.05, 0) is 30.7 Å². The molecule has 2 aromatic heterocycles. The molecule has 0 saturated carbocycles. The van der Waals surface area contributed by atoms with Gasteiger partial charge in [-0.15, -0.1) is 11.3 Å². The largest absolute Gasteiger partial charge is 0.497 e. The molecule has 0 aliphatic heterocycles. The molecule has 3 aromatic rings. The molecule has 5 nitrogen and oxygen atoms in total. The Morgan fingerprint density at radius 3 is 2.73 bits per heavy atom. The molecule has 0 fully saturated rings. The summed E-state index contributed by atoms with van der Waals surface area (Å²) in [6, 6.07) is 9.56. The Labute approximate surface area is 132 Å². The number of thiophene rings is 1. The van der Waals surface area contributed by atoms with Crippen LogP contribution in [0, 0.1) is 6.92 Å². The molecule has 1 aromatic carbocycles. The zero-order valence-electron chi connectivity index (χ0n) is 12.7. The molecule has 114 valence electrons. The molecule has 0 bridgehead atoms. The van der Waals surface area contributed by atoms with Crippen LogP contribution in [0.2, 0.25) is 0 Å². The quantitative estimate of drug-likeness (QED) is 0.805. The Balaban J connectivity index is 1.71. The number of carbonyl (C=O) groups excluding carboxylic acids is 1. The average molecular weight is 315 g/mol. The number of fused-ring (bicyclic) bond motifs is 1. The lowest BCUT2D eigenvalue weighted by Crippen LogP contribution is -2.21. The molecule has 0 atom stereocenters. The van der Waals surface area contributed by atoms with Gasteiger partial charge in [-0.2, -0.15) is 5.10 Å². The van der Waals surface area contributed by atoms with Crippen LogP contribution in [0.15, 0.2) is 30.3 Å². The highest BCUT2D eigenvalue weighted by Crippen LogP contribution is 2.27. The molecule has 1 N–H and O–H groups in total. The van der Waals surface area contributed by atoms with Crippen LogP contribution < -0.4 is 10.1 Å². The highest BCUT2D eigenvalue weighted by molar-refractivity contribution is 7.20. The van der Waals surface area contributed by atoms with Crippen LogP contribution in [-0.4, -0.2) is 22.8 Å². The molecule has 6 heteroatoms. The lowest BCUT2D eigenvalue weighted by Gasteiger charge is -2.05. The normalized spacial score (nSPS) is 10.9. The number of benzene rings is 1. The van der Waals surface area contributed by atoms with Gasteiger partial charge in [0.25, 0.3) is 5.91 Å². The van der Waals surface area contributed by atoms with Crippen LogP contribution >= 0.6 is 11.3 Å². The summed E-state index contributed by atoms with van der Waals surface area (Å²) in [5.74, 6) is 0.749. The topological polar surface area (TPSA) is 56.1 Å². The van der Waals surface area contributed by atoms with E-state index in [4.69, 9.17) is 4.74 Å². The molecule has 1 amide bonds. The number of hydrogen-bond acceptors (Lipinski definition) is 4. The Hall–Kier alpha value is -2.34. The fourth-order valence-electron chi connectivity index (χ4n) is 2.33. The van der Waals surface area contributed by atoms with Crippen molar-refractivity contribution < 1.29 is 9.53 Å². The van der Waals surface area contributed by atoms with E-state index in [1.54, 1.807) is 7.11 Å². The summed E-state index contributed by atoms with van der Waals surface area (Å²) in [6.45, 7) is 2.45. The van der Waals surface area contributed by atoms with Gasteiger partial charge in [-0.1, -0.05) is 12.1 Å². The number of nitrogens with one attached hydrogen (secondary N) is 1. The zero-order chi connectivity index (χ0) is 15.7. The van der Waals surface area contributed by atoms with Crippen molar-refractivity contribution in [3.63, 3.8) is 0 Å². The minimum atomic E-state index is -0.0589. The molecule has 0 radical (unpaired) electrons. The summed E-state index contributed by atoms with van der Waals surface area (Å²) < 4.78 is 6.93. The van der Waals surface area contributed by atoms with Gasteiger partial charge < -0.3 is 10.1 Å². The lowest BCUT2D eigenvalue weighted by molar-refractivity contribution is 0.0955. The number of amides is 1. The maximum atomic E-state index is 12.3. The van der Waals surface area contributed by atoms with Gasteiger partial charge >= 0.3 is 0 Å². The minimum absolute atomic E-state index is 0.0589. The van der Waals surface area contributed by atoms with E-state index in [1.165, 1.54) is 11.3 Å². The van der Waals surface area contributed by atoms with Crippen LogP contribution in [-0.2, 0) is 13.6 Å². The van der Waals surface area contributed by atoms with Gasteiger partial charge in [0.05, 0.1) is 17.7 Å². The molecular formula is C16H17N3O2S. The zero-order valence-corrected chi connectivity index (χ0v) is 13.5. The predicted octanol–water partition coefficient (Wildman–Crippen LogP) is 2.88. The van der Waals surface area contributed by atoms with E-state index in [-0.39, 0.29) is 5.91 Å². The van der Waals surface area contributed by atoms with Crippen LogP contribution in [0.25, 0.3) is 10.2 Å². The monoisotopic (exact) mass is 315 g/mol. The maximum Gasteiger partial charge on any atom is 0.261 e. The molecule has 22 heavy (non-hydrogen) atoms. The van der Waals surface area contributed by atoms with Crippen LogP contribution in [0.3, 0.4) is 0 Å². The summed E-state index contributed by atoms with van der Waals surface area (Å²) in [7, 11) is 3.53. The Kier molecular flexibility index (Phi) is 3.85. The third-order valence-corrected chi connectivity index (χ3v) is 4.73. The van der Waals surface area contributed by atoms with Crippen molar-refractivity contribution in [3.8, 4) is 5.75 Å². The lowest BCUT2D eigenvalue weighted by atomic mass is 10.2. The maximum absolute atomic E-state index is 12.3. The van der Waals surface area contributed by atoms with E-state index in [0.717, 1.165) is 27.2 Å². The van der Waals surface area contributed by atoms with Crippen LogP contribution in [0.1, 0.15) is 20.9 Å². The average Bonchev–Trinajstić information content (AvgIpc) is 3.08. The van der Waals surface area contributed by atoms with Crippen LogP contribution in [0.5, 0.6) is 5.75 Å². The fourth-order valence-corrected chi connectivity index (χ4v) is 3.37. The first kappa shape index (κ1) is 14.6. The first-order valence-electron chi connectivity index (χ1n) is 6.92. The van der Waals surface area contributed by atoms with Gasteiger partial charge in [-0.3, -0.25) is 9.48 Å². The number of ether oxygens (including phenoxy) is 1. The first-order chi connectivity index (χ1) is 10.6. The second-order valence-corrected chi connectivity index (χ2v) is 6.10. The number of aryl methyl sites for hydroxylation is 2. The Morgan fingerprint density at radius 2 is 2.09 bits per heavy atom. The molecule has 2 heterocycles. The van der Waals surface area contributed by atoms with Crippen molar-refractivity contribution in [3.05, 3.63) is 46.5 Å². The van der Waals surface area contributed by atoms with Crippen molar-refractivity contribution in [1.82, 2.24) is 15.1 Å². The molecule has 0 aliphatic carbocycles. The molecular weight excluding hydrogens is 298 g/mol. The van der Waals surface area contributed by atoms with E-state index >= 15 is 0 Å². The Bertz CT molecular complexity index is 783. The molecule has 0 saturated heterocycles. The third kappa shape index (κ3) is 2.69. The first-order valence-corrected chi connectivity index (χ1v) is 7.74. The van der Waals surface area contributed by atoms with Gasteiger partial charge in [0.1, 0.15) is 10.6 Å². The number of hydrogen-bond donors (Lipinski definition) is 1. The van der Waals surface area contributed by atoms with Crippen molar-refractivity contribution >= 4 is 27.5 Å². The summed E-state index contributed by atoms with van der Waals surface area (Å²) in [5, 5.41) is 8.33. The van der Waals surface area contributed by atoms with Gasteiger partial charge in [0, 0.05) is 19.0 Å². The van der Waals surface area contributed by atoms with E-state index in [9.17, 15) is 4.79 Å². The van der Waals surface area contributed by atoms with Gasteiger partial charge in [0.15, 0.2) is 0 Å². The smallest absolute Gasteiger partial charge is 0.261 e. The number of rotatable bonds is 4. The van der Waals surface area contributed by atoms with Crippen molar-refractivity contribution in [1.29, 1.82) is 0 Å². The summed E-state index contributed by atoms with van der Waals surface area (Å²) in [5.41, 5.74) is 1.98. The van der Waals surface area contributed by atoms with Crippen molar-refractivity contribution in [2.75, 3.05) is 7.11 Å². The standard InChI is InChI=1S/C16H17N3O2S/c1-10-13-8-14(22-16(13)19(2)18-10)15(20)17-9-11-4-6-12(21-3)7-5-11/h4-8H,9H2,1-3H3,(H,17,20).